The van der Waals surface area contributed by atoms with Crippen molar-refractivity contribution in [3.63, 3.8) is 0 Å². The van der Waals surface area contributed by atoms with Gasteiger partial charge in [0.15, 0.2) is 11.7 Å². The van der Waals surface area contributed by atoms with Crippen LogP contribution in [-0.2, 0) is 29.3 Å². The molecule has 2 amide bonds. The van der Waals surface area contributed by atoms with Crippen LogP contribution in [0.4, 0.5) is 0 Å². The number of methoxy groups -OCH3 is 1. The Balaban J connectivity index is 2.31. The summed E-state index contributed by atoms with van der Waals surface area (Å²) in [4.78, 5) is 35.1. The van der Waals surface area contributed by atoms with E-state index in [0.29, 0.717) is 5.75 Å². The molecule has 31 heavy (non-hydrogen) atoms. The van der Waals surface area contributed by atoms with Gasteiger partial charge < -0.3 is 19.5 Å². The molecule has 0 unspecified atom stereocenters. The number of thiocarbonyl (C=S) groups is 1. The molecule has 0 radical (unpaired) electrons. The van der Waals surface area contributed by atoms with Gasteiger partial charge >= 0.3 is 5.97 Å². The molecule has 0 fully saturated rings. The molecule has 1 aromatic carbocycles. The molecule has 0 aliphatic heterocycles. The third kappa shape index (κ3) is 11.1. The van der Waals surface area contributed by atoms with Crippen LogP contribution in [0, 0.1) is 0 Å². The van der Waals surface area contributed by atoms with Crippen LogP contribution in [0.15, 0.2) is 22.7 Å². The van der Waals surface area contributed by atoms with Gasteiger partial charge in [0.25, 0.3) is 5.91 Å². The molecule has 0 heterocycles. The third-order valence-corrected chi connectivity index (χ3v) is 4.66. The van der Waals surface area contributed by atoms with Crippen molar-refractivity contribution in [1.82, 2.24) is 16.2 Å². The first-order valence-corrected chi connectivity index (χ1v) is 10.7. The predicted octanol–water partition coefficient (Wildman–Crippen LogP) is 2.12. The maximum absolute atomic E-state index is 11.9. The van der Waals surface area contributed by atoms with Crippen molar-refractivity contribution < 1.29 is 28.6 Å². The predicted molar refractivity (Wildman–Crippen MR) is 122 cm³/mol. The van der Waals surface area contributed by atoms with Crippen LogP contribution in [0.2, 0.25) is 0 Å². The molecule has 0 atom stereocenters. The summed E-state index contributed by atoms with van der Waals surface area (Å²) in [6.07, 6.45) is -0.204. The number of amides is 2. The van der Waals surface area contributed by atoms with E-state index in [1.807, 2.05) is 12.1 Å². The summed E-state index contributed by atoms with van der Waals surface area (Å²) in [6.45, 7) is 6.46. The maximum atomic E-state index is 11.9. The number of hydrogen-bond acceptors (Lipinski definition) is 7. The normalized spacial score (nSPS) is 10.7. The molecule has 0 spiro atoms. The number of ether oxygens (including phenoxy) is 3. The van der Waals surface area contributed by atoms with Gasteiger partial charge in [-0.3, -0.25) is 25.2 Å². The van der Waals surface area contributed by atoms with E-state index in [1.165, 1.54) is 7.11 Å². The molecule has 0 aliphatic carbocycles. The molecular formula is C20H28BrN3O6S. The summed E-state index contributed by atoms with van der Waals surface area (Å²) < 4.78 is 15.8. The summed E-state index contributed by atoms with van der Waals surface area (Å²) in [6, 6.07) is 5.67. The fourth-order valence-corrected chi connectivity index (χ4v) is 2.80. The highest BCUT2D eigenvalue weighted by molar-refractivity contribution is 9.10. The van der Waals surface area contributed by atoms with Crippen LogP contribution in [0.3, 0.4) is 0 Å². The number of carbonyl (C=O) groups excluding carboxylic acids is 3. The van der Waals surface area contributed by atoms with E-state index in [2.05, 4.69) is 52.9 Å². The number of nitrogens with one attached hydrogen (secondary N) is 3. The van der Waals surface area contributed by atoms with Gasteiger partial charge in [-0.05, 0) is 51.3 Å². The van der Waals surface area contributed by atoms with Gasteiger partial charge in [-0.1, -0.05) is 26.8 Å². The van der Waals surface area contributed by atoms with Gasteiger partial charge in [0, 0.05) is 13.5 Å². The highest BCUT2D eigenvalue weighted by Gasteiger charge is 2.16. The smallest absolute Gasteiger partial charge is 0.306 e. The second kappa shape index (κ2) is 13.2. The van der Waals surface area contributed by atoms with E-state index in [0.717, 1.165) is 10.0 Å². The summed E-state index contributed by atoms with van der Waals surface area (Å²) >= 11 is 8.36. The standard InChI is InChI=1S/C20H28BrN3O6S/c1-20(2,3)13-5-6-15(14(21)11-13)30-12-17(26)23-24-19(31)22-16(25)7-8-18(27)29-10-9-28-4/h5-6,11H,7-10,12H2,1-4H3,(H,23,26)(H2,22,24,25,31). The monoisotopic (exact) mass is 517 g/mol. The first-order valence-electron chi connectivity index (χ1n) is 9.49. The van der Waals surface area contributed by atoms with Crippen molar-refractivity contribution >= 4 is 51.0 Å². The van der Waals surface area contributed by atoms with Crippen molar-refractivity contribution in [3.8, 4) is 5.75 Å². The van der Waals surface area contributed by atoms with Crippen LogP contribution >= 0.6 is 28.1 Å². The number of hydrazine groups is 1. The fourth-order valence-electron chi connectivity index (χ4n) is 2.14. The molecule has 11 heteroatoms. The van der Waals surface area contributed by atoms with E-state index in [-0.39, 0.29) is 43.2 Å². The minimum atomic E-state index is -0.516. The van der Waals surface area contributed by atoms with Crippen molar-refractivity contribution in [2.75, 3.05) is 26.9 Å². The van der Waals surface area contributed by atoms with E-state index in [9.17, 15) is 14.4 Å². The van der Waals surface area contributed by atoms with Gasteiger partial charge in [-0.15, -0.1) is 0 Å². The molecule has 0 saturated carbocycles. The molecule has 0 aliphatic rings. The molecule has 172 valence electrons. The second-order valence-electron chi connectivity index (χ2n) is 7.45. The lowest BCUT2D eigenvalue weighted by molar-refractivity contribution is -0.146. The largest absolute Gasteiger partial charge is 0.483 e. The lowest BCUT2D eigenvalue weighted by Crippen LogP contribution is -2.49. The Bertz CT molecular complexity index is 798. The quantitative estimate of drug-likeness (QED) is 0.197. The first-order chi connectivity index (χ1) is 14.5. The Morgan fingerprint density at radius 2 is 1.77 bits per heavy atom. The van der Waals surface area contributed by atoms with E-state index in [4.69, 9.17) is 26.4 Å². The molecular weight excluding hydrogens is 490 g/mol. The topological polar surface area (TPSA) is 115 Å². The van der Waals surface area contributed by atoms with Crippen molar-refractivity contribution in [3.05, 3.63) is 28.2 Å². The average molecular weight is 518 g/mol. The van der Waals surface area contributed by atoms with Crippen molar-refractivity contribution in [2.45, 2.75) is 39.0 Å². The molecule has 0 saturated heterocycles. The number of halogens is 1. The first kappa shape index (κ1) is 26.8. The van der Waals surface area contributed by atoms with E-state index < -0.39 is 17.8 Å². The second-order valence-corrected chi connectivity index (χ2v) is 8.71. The van der Waals surface area contributed by atoms with Crippen molar-refractivity contribution in [2.24, 2.45) is 0 Å². The van der Waals surface area contributed by atoms with Gasteiger partial charge in [-0.2, -0.15) is 0 Å². The minimum absolute atomic E-state index is 0.00714. The van der Waals surface area contributed by atoms with Crippen LogP contribution in [0.1, 0.15) is 39.2 Å². The highest BCUT2D eigenvalue weighted by atomic mass is 79.9. The van der Waals surface area contributed by atoms with E-state index in [1.54, 1.807) is 6.07 Å². The van der Waals surface area contributed by atoms with Crippen LogP contribution in [0.5, 0.6) is 5.75 Å². The van der Waals surface area contributed by atoms with Crippen LogP contribution < -0.4 is 20.9 Å². The summed E-state index contributed by atoms with van der Waals surface area (Å²) in [5.74, 6) is -0.977. The van der Waals surface area contributed by atoms with Crippen LogP contribution in [-0.4, -0.2) is 49.8 Å². The Morgan fingerprint density at radius 1 is 1.06 bits per heavy atom. The molecule has 0 bridgehead atoms. The van der Waals surface area contributed by atoms with Gasteiger partial charge in [0.2, 0.25) is 5.91 Å². The fraction of sp³-hybridized carbons (Fsp3) is 0.500. The number of benzene rings is 1. The number of rotatable bonds is 9. The minimum Gasteiger partial charge on any atom is -0.483 e. The summed E-state index contributed by atoms with van der Waals surface area (Å²) in [7, 11) is 1.49. The lowest BCUT2D eigenvalue weighted by atomic mass is 9.87. The number of esters is 1. The Labute approximate surface area is 195 Å². The number of hydrogen-bond donors (Lipinski definition) is 3. The zero-order valence-electron chi connectivity index (χ0n) is 18.0. The Kier molecular flexibility index (Phi) is 11.4. The van der Waals surface area contributed by atoms with Crippen LogP contribution in [0.25, 0.3) is 0 Å². The molecule has 1 aromatic rings. The summed E-state index contributed by atoms with van der Waals surface area (Å²) in [5, 5.41) is 2.24. The highest BCUT2D eigenvalue weighted by Crippen LogP contribution is 2.31. The molecule has 9 nitrogen and oxygen atoms in total. The Hall–Kier alpha value is -2.24. The van der Waals surface area contributed by atoms with Crippen molar-refractivity contribution in [1.29, 1.82) is 0 Å². The third-order valence-electron chi connectivity index (χ3n) is 3.83. The molecule has 3 N–H and O–H groups in total. The lowest BCUT2D eigenvalue weighted by Gasteiger charge is -2.20. The summed E-state index contributed by atoms with van der Waals surface area (Å²) in [5.41, 5.74) is 5.84. The molecule has 0 aromatic heterocycles. The SMILES string of the molecule is COCCOC(=O)CCC(=O)NC(=S)NNC(=O)COc1ccc(C(C)(C)C)cc1Br. The van der Waals surface area contributed by atoms with Gasteiger partial charge in [-0.25, -0.2) is 0 Å². The molecule has 1 rings (SSSR count). The van der Waals surface area contributed by atoms with E-state index >= 15 is 0 Å². The Morgan fingerprint density at radius 3 is 2.39 bits per heavy atom. The van der Waals surface area contributed by atoms with Gasteiger partial charge in [0.05, 0.1) is 17.5 Å². The number of carbonyl (C=O) groups is 3. The van der Waals surface area contributed by atoms with Gasteiger partial charge in [0.1, 0.15) is 12.4 Å². The maximum Gasteiger partial charge on any atom is 0.306 e. The zero-order valence-corrected chi connectivity index (χ0v) is 20.4. The average Bonchev–Trinajstić information content (AvgIpc) is 2.69. The zero-order chi connectivity index (χ0) is 23.4.